The number of aryl methyl sites for hydroxylation is 2. The molecule has 2 aromatic heterocycles. The zero-order valence-electron chi connectivity index (χ0n) is 13.6. The molecule has 0 aliphatic heterocycles. The molecule has 0 unspecified atom stereocenters. The van der Waals surface area contributed by atoms with Crippen LogP contribution in [-0.2, 0) is 19.0 Å². The van der Waals surface area contributed by atoms with E-state index in [2.05, 4.69) is 4.98 Å². The Morgan fingerprint density at radius 3 is 2.65 bits per heavy atom. The van der Waals surface area contributed by atoms with Gasteiger partial charge >= 0.3 is 6.18 Å². The lowest BCUT2D eigenvalue weighted by molar-refractivity contribution is -0.137. The largest absolute Gasteiger partial charge is 0.417 e. The molecule has 2 aromatic rings. The Morgan fingerprint density at radius 1 is 1.27 bits per heavy atom. The molecule has 26 heavy (non-hydrogen) atoms. The predicted octanol–water partition coefficient (Wildman–Crippen LogP) is 5.57. The van der Waals surface area contributed by atoms with Crippen molar-refractivity contribution in [3.05, 3.63) is 49.9 Å². The molecule has 0 N–H and O–H groups in total. The van der Waals surface area contributed by atoms with Crippen molar-refractivity contribution >= 4 is 28.7 Å². The fourth-order valence-electron chi connectivity index (χ4n) is 2.99. The summed E-state index contributed by atoms with van der Waals surface area (Å²) in [5, 5.41) is 9.09. The minimum absolute atomic E-state index is 0.143. The van der Waals surface area contributed by atoms with Crippen LogP contribution in [0.15, 0.2) is 18.3 Å². The number of halogens is 4. The van der Waals surface area contributed by atoms with Gasteiger partial charge in [0.15, 0.2) is 11.7 Å². The molecule has 0 bridgehead atoms. The van der Waals surface area contributed by atoms with E-state index in [-0.39, 0.29) is 10.7 Å². The van der Waals surface area contributed by atoms with Gasteiger partial charge < -0.3 is 0 Å². The van der Waals surface area contributed by atoms with Crippen molar-refractivity contribution in [3.63, 3.8) is 0 Å². The summed E-state index contributed by atoms with van der Waals surface area (Å²) in [5.41, 5.74) is -0.0343. The summed E-state index contributed by atoms with van der Waals surface area (Å²) < 4.78 is 38.2. The quantitative estimate of drug-likeness (QED) is 0.501. The lowest BCUT2D eigenvalue weighted by Crippen LogP contribution is -2.14. The van der Waals surface area contributed by atoms with Crippen molar-refractivity contribution in [1.29, 1.82) is 5.26 Å². The normalized spacial score (nSPS) is 15.7. The number of hydrogen-bond acceptors (Lipinski definition) is 4. The van der Waals surface area contributed by atoms with E-state index in [0.717, 1.165) is 42.5 Å². The number of ketones is 1. The third kappa shape index (κ3) is 3.76. The van der Waals surface area contributed by atoms with Crippen LogP contribution in [0.3, 0.4) is 0 Å². The highest BCUT2D eigenvalue weighted by Gasteiger charge is 2.34. The Morgan fingerprint density at radius 2 is 2.00 bits per heavy atom. The number of hydrogen-bond donors (Lipinski definition) is 0. The Labute approximate surface area is 157 Å². The molecule has 136 valence electrons. The molecule has 0 radical (unpaired) electrons. The van der Waals surface area contributed by atoms with Crippen molar-refractivity contribution in [2.24, 2.45) is 0 Å². The van der Waals surface area contributed by atoms with Gasteiger partial charge in [0.05, 0.1) is 27.2 Å². The molecule has 1 aliphatic carbocycles. The highest BCUT2D eigenvalue weighted by atomic mass is 35.5. The van der Waals surface area contributed by atoms with Crippen LogP contribution in [0, 0.1) is 11.3 Å². The predicted molar refractivity (Wildman–Crippen MR) is 92.5 cm³/mol. The van der Waals surface area contributed by atoms with E-state index in [1.807, 2.05) is 6.07 Å². The number of rotatable bonds is 3. The van der Waals surface area contributed by atoms with Crippen LogP contribution >= 0.6 is 22.9 Å². The van der Waals surface area contributed by atoms with Gasteiger partial charge in [-0.2, -0.15) is 18.4 Å². The Kier molecular flexibility index (Phi) is 5.35. The van der Waals surface area contributed by atoms with Crippen LogP contribution in [0.2, 0.25) is 5.02 Å². The Hall–Kier alpha value is -1.91. The topological polar surface area (TPSA) is 53.8 Å². The average molecular weight is 399 g/mol. The molecule has 0 aromatic carbocycles. The number of Topliss-reactive ketones (excluding diaryl/α,β-unsaturated/α-hetero) is 1. The highest BCUT2D eigenvalue weighted by molar-refractivity contribution is 7.14. The summed E-state index contributed by atoms with van der Waals surface area (Å²) in [5.74, 6) is -1.80. The summed E-state index contributed by atoms with van der Waals surface area (Å²) >= 11 is 7.26. The monoisotopic (exact) mass is 398 g/mol. The molecule has 1 atom stereocenters. The maximum atomic E-state index is 12.8. The van der Waals surface area contributed by atoms with Crippen LogP contribution in [-0.4, -0.2) is 10.8 Å². The fraction of sp³-hybridized carbons (Fsp3) is 0.389. The van der Waals surface area contributed by atoms with E-state index in [9.17, 15) is 23.2 Å². The van der Waals surface area contributed by atoms with Gasteiger partial charge in [0.2, 0.25) is 0 Å². The van der Waals surface area contributed by atoms with E-state index in [1.165, 1.54) is 11.3 Å². The fourth-order valence-corrected chi connectivity index (χ4v) is 4.49. The van der Waals surface area contributed by atoms with Gasteiger partial charge in [-0.3, -0.25) is 9.78 Å². The van der Waals surface area contributed by atoms with Gasteiger partial charge in [0.1, 0.15) is 0 Å². The number of pyridine rings is 1. The lowest BCUT2D eigenvalue weighted by Gasteiger charge is -2.11. The van der Waals surface area contributed by atoms with Gasteiger partial charge in [0, 0.05) is 11.1 Å². The first-order valence-corrected chi connectivity index (χ1v) is 9.28. The van der Waals surface area contributed by atoms with E-state index in [4.69, 9.17) is 11.6 Å². The molecule has 0 saturated carbocycles. The third-order valence-corrected chi connectivity index (χ3v) is 5.91. The van der Waals surface area contributed by atoms with Gasteiger partial charge in [0.25, 0.3) is 0 Å². The smallest absolute Gasteiger partial charge is 0.291 e. The maximum Gasteiger partial charge on any atom is 0.417 e. The summed E-state index contributed by atoms with van der Waals surface area (Å²) in [6, 6.07) is 4.34. The molecular formula is C18H14ClF3N2OS. The second kappa shape index (κ2) is 7.37. The van der Waals surface area contributed by atoms with Crippen molar-refractivity contribution in [2.45, 2.75) is 44.2 Å². The molecule has 0 fully saturated rings. The van der Waals surface area contributed by atoms with Crippen molar-refractivity contribution < 1.29 is 18.0 Å². The number of thiophene rings is 1. The number of fused-ring (bicyclic) bond motifs is 1. The van der Waals surface area contributed by atoms with E-state index in [0.29, 0.717) is 17.1 Å². The molecular weight excluding hydrogens is 385 g/mol. The zero-order chi connectivity index (χ0) is 18.9. The Balaban J connectivity index is 1.92. The van der Waals surface area contributed by atoms with Gasteiger partial charge in [-0.15, -0.1) is 11.3 Å². The molecule has 0 spiro atoms. The lowest BCUT2D eigenvalue weighted by atomic mass is 9.98. The summed E-state index contributed by atoms with van der Waals surface area (Å²) in [7, 11) is 0. The van der Waals surface area contributed by atoms with Gasteiger partial charge in [-0.25, -0.2) is 0 Å². The molecule has 0 saturated heterocycles. The van der Waals surface area contributed by atoms with E-state index in [1.54, 1.807) is 6.07 Å². The SMILES string of the molecule is N#C[C@H](C(=O)c1cc2c(s1)CCCCC2)c1ncc(C(F)(F)F)cc1Cl. The number of carbonyl (C=O) groups is 1. The standard InChI is InChI=1S/C18H14ClF3N2OS/c19-13-7-11(18(20,21)22)9-24-16(13)12(8-23)17(25)15-6-10-4-2-1-3-5-14(10)26-15/h6-7,9,12H,1-5H2/t12-/m0/s1. The summed E-state index contributed by atoms with van der Waals surface area (Å²) in [6.07, 6.45) is 1.09. The van der Waals surface area contributed by atoms with Crippen molar-refractivity contribution in [1.82, 2.24) is 4.98 Å². The Bertz CT molecular complexity index is 862. The molecule has 8 heteroatoms. The number of nitrogens with zero attached hydrogens (tertiary/aromatic N) is 2. The zero-order valence-corrected chi connectivity index (χ0v) is 15.1. The number of nitriles is 1. The van der Waals surface area contributed by atoms with Crippen molar-refractivity contribution in [3.8, 4) is 6.07 Å². The van der Waals surface area contributed by atoms with Crippen LogP contribution in [0.25, 0.3) is 0 Å². The first-order valence-electron chi connectivity index (χ1n) is 8.09. The molecule has 3 nitrogen and oxygen atoms in total. The van der Waals surface area contributed by atoms with Gasteiger partial charge in [-0.05, 0) is 43.4 Å². The minimum atomic E-state index is -4.59. The van der Waals surface area contributed by atoms with Crippen LogP contribution < -0.4 is 0 Å². The minimum Gasteiger partial charge on any atom is -0.291 e. The maximum absolute atomic E-state index is 12.8. The second-order valence-electron chi connectivity index (χ2n) is 6.13. The number of carbonyl (C=O) groups excluding carboxylic acids is 1. The van der Waals surface area contributed by atoms with E-state index < -0.39 is 23.4 Å². The van der Waals surface area contributed by atoms with Crippen LogP contribution in [0.5, 0.6) is 0 Å². The third-order valence-electron chi connectivity index (χ3n) is 4.35. The van der Waals surface area contributed by atoms with Crippen molar-refractivity contribution in [2.75, 3.05) is 0 Å². The molecule has 3 rings (SSSR count). The van der Waals surface area contributed by atoms with Crippen LogP contribution in [0.4, 0.5) is 13.2 Å². The number of alkyl halides is 3. The highest BCUT2D eigenvalue weighted by Crippen LogP contribution is 2.35. The summed E-state index contributed by atoms with van der Waals surface area (Å²) in [4.78, 5) is 18.0. The molecule has 2 heterocycles. The first-order chi connectivity index (χ1) is 12.3. The average Bonchev–Trinajstić information content (AvgIpc) is 2.86. The summed E-state index contributed by atoms with van der Waals surface area (Å²) in [6.45, 7) is 0. The van der Waals surface area contributed by atoms with E-state index >= 15 is 0 Å². The first kappa shape index (κ1) is 18.9. The molecule has 1 aliphatic rings. The molecule has 0 amide bonds. The second-order valence-corrected chi connectivity index (χ2v) is 7.68. The van der Waals surface area contributed by atoms with Crippen LogP contribution in [0.1, 0.15) is 56.6 Å². The van der Waals surface area contributed by atoms with Gasteiger partial charge in [-0.1, -0.05) is 18.0 Å². The number of aromatic nitrogens is 1.